The summed E-state index contributed by atoms with van der Waals surface area (Å²) in [6, 6.07) is 8.64. The van der Waals surface area contributed by atoms with E-state index in [1.54, 1.807) is 31.3 Å². The molecule has 2 rings (SSSR count). The third-order valence-corrected chi connectivity index (χ3v) is 4.46. The van der Waals surface area contributed by atoms with E-state index in [1.807, 2.05) is 12.1 Å². The van der Waals surface area contributed by atoms with Gasteiger partial charge in [-0.25, -0.2) is 8.42 Å². The van der Waals surface area contributed by atoms with Crippen LogP contribution in [0.1, 0.15) is 6.92 Å². The van der Waals surface area contributed by atoms with E-state index in [0.717, 1.165) is 5.39 Å². The number of nitrogens with zero attached hydrogens (tertiary/aromatic N) is 1. The maximum Gasteiger partial charge on any atom is 0.199 e. The maximum atomic E-state index is 12.3. The topological polar surface area (TPSA) is 73.1 Å². The second-order valence-corrected chi connectivity index (χ2v) is 5.94. The minimum Gasteiger partial charge on any atom is -0.312 e. The van der Waals surface area contributed by atoms with Gasteiger partial charge in [0.1, 0.15) is 5.37 Å². The Morgan fingerprint density at radius 3 is 2.72 bits per heavy atom. The molecule has 0 saturated heterocycles. The molecule has 0 radical (unpaired) electrons. The molecule has 1 aromatic heterocycles. The number of hydrogen-bond donors (Lipinski definition) is 1. The monoisotopic (exact) mass is 262 g/mol. The lowest BCUT2D eigenvalue weighted by Crippen LogP contribution is -2.28. The zero-order chi connectivity index (χ0) is 13.2. The van der Waals surface area contributed by atoms with E-state index in [1.165, 1.54) is 12.1 Å². The summed E-state index contributed by atoms with van der Waals surface area (Å²) >= 11 is 0. The van der Waals surface area contributed by atoms with Crippen molar-refractivity contribution >= 4 is 20.7 Å². The summed E-state index contributed by atoms with van der Waals surface area (Å²) in [7, 11) is -3.60. The largest absolute Gasteiger partial charge is 0.312 e. The summed E-state index contributed by atoms with van der Waals surface area (Å²) in [5.74, 6) is 0. The number of para-hydroxylation sites is 1. The van der Waals surface area contributed by atoms with Gasteiger partial charge in [0, 0.05) is 11.6 Å². The summed E-state index contributed by atoms with van der Waals surface area (Å²) < 4.78 is 24.6. The molecule has 0 aliphatic carbocycles. The molecule has 0 fully saturated rings. The third kappa shape index (κ3) is 2.14. The van der Waals surface area contributed by atoms with Crippen LogP contribution in [0.5, 0.6) is 0 Å². The van der Waals surface area contributed by atoms with Gasteiger partial charge in [-0.05, 0) is 19.1 Å². The van der Waals surface area contributed by atoms with Crippen LogP contribution in [0.2, 0.25) is 0 Å². The van der Waals surface area contributed by atoms with Crippen molar-refractivity contribution in [2.45, 2.75) is 17.2 Å². The lowest BCUT2D eigenvalue weighted by molar-refractivity contribution is 0.590. The molecule has 18 heavy (non-hydrogen) atoms. The van der Waals surface area contributed by atoms with Gasteiger partial charge in [-0.3, -0.25) is 4.98 Å². The van der Waals surface area contributed by atoms with Crippen molar-refractivity contribution in [1.29, 1.82) is 0 Å². The second kappa shape index (κ2) is 4.88. The first kappa shape index (κ1) is 12.7. The van der Waals surface area contributed by atoms with Crippen molar-refractivity contribution in [3.05, 3.63) is 48.7 Å². The SMILES string of the molecule is CC=CC(N)S(=O)(=O)c1cccc2cccnc12. The molecule has 0 amide bonds. The first-order valence-corrected chi connectivity index (χ1v) is 7.08. The molecule has 0 bridgehead atoms. The van der Waals surface area contributed by atoms with Gasteiger partial charge in [0.15, 0.2) is 9.84 Å². The molecular formula is C13H14N2O2S. The fraction of sp³-hybridized carbons (Fsp3) is 0.154. The molecule has 0 aliphatic heterocycles. The Hall–Kier alpha value is -1.72. The average molecular weight is 262 g/mol. The number of allylic oxidation sites excluding steroid dienone is 1. The Bertz CT molecular complexity index is 688. The molecule has 0 aliphatic rings. The molecule has 4 nitrogen and oxygen atoms in total. The van der Waals surface area contributed by atoms with E-state index in [2.05, 4.69) is 4.98 Å². The number of rotatable bonds is 3. The van der Waals surface area contributed by atoms with Gasteiger partial charge in [0.05, 0.1) is 10.4 Å². The fourth-order valence-electron chi connectivity index (χ4n) is 1.75. The van der Waals surface area contributed by atoms with Crippen molar-refractivity contribution in [2.75, 3.05) is 0 Å². The van der Waals surface area contributed by atoms with Gasteiger partial charge < -0.3 is 5.73 Å². The predicted octanol–water partition coefficient (Wildman–Crippen LogP) is 1.87. The first-order valence-electron chi connectivity index (χ1n) is 5.53. The van der Waals surface area contributed by atoms with Crippen LogP contribution in [-0.4, -0.2) is 18.8 Å². The van der Waals surface area contributed by atoms with Crippen LogP contribution in [0.25, 0.3) is 10.9 Å². The summed E-state index contributed by atoms with van der Waals surface area (Å²) in [5.41, 5.74) is 6.14. The van der Waals surface area contributed by atoms with Crippen LogP contribution < -0.4 is 5.73 Å². The highest BCUT2D eigenvalue weighted by atomic mass is 32.2. The number of fused-ring (bicyclic) bond motifs is 1. The van der Waals surface area contributed by atoms with Crippen molar-refractivity contribution < 1.29 is 8.42 Å². The lowest BCUT2D eigenvalue weighted by Gasteiger charge is -2.10. The van der Waals surface area contributed by atoms with Gasteiger partial charge in [-0.1, -0.05) is 30.4 Å². The summed E-state index contributed by atoms with van der Waals surface area (Å²) in [4.78, 5) is 4.30. The van der Waals surface area contributed by atoms with E-state index < -0.39 is 15.2 Å². The van der Waals surface area contributed by atoms with Crippen LogP contribution >= 0.6 is 0 Å². The smallest absolute Gasteiger partial charge is 0.199 e. The van der Waals surface area contributed by atoms with E-state index in [4.69, 9.17) is 5.73 Å². The quantitative estimate of drug-likeness (QED) is 0.857. The number of nitrogens with two attached hydrogens (primary N) is 1. The highest BCUT2D eigenvalue weighted by Gasteiger charge is 2.24. The number of aromatic nitrogens is 1. The average Bonchev–Trinajstić information content (AvgIpc) is 2.38. The van der Waals surface area contributed by atoms with Gasteiger partial charge in [-0.15, -0.1) is 0 Å². The van der Waals surface area contributed by atoms with Crippen molar-refractivity contribution in [3.8, 4) is 0 Å². The highest BCUT2D eigenvalue weighted by molar-refractivity contribution is 7.92. The first-order chi connectivity index (χ1) is 8.57. The molecule has 1 unspecified atom stereocenters. The minimum atomic E-state index is -3.60. The number of pyridine rings is 1. The van der Waals surface area contributed by atoms with Crippen LogP contribution in [-0.2, 0) is 9.84 Å². The number of hydrogen-bond acceptors (Lipinski definition) is 4. The Labute approximate surface area is 106 Å². The van der Waals surface area contributed by atoms with Gasteiger partial charge in [0.25, 0.3) is 0 Å². The van der Waals surface area contributed by atoms with Crippen LogP contribution in [0, 0.1) is 0 Å². The van der Waals surface area contributed by atoms with Crippen LogP contribution in [0.15, 0.2) is 53.6 Å². The summed E-state index contributed by atoms with van der Waals surface area (Å²) in [5, 5.41) is -0.263. The predicted molar refractivity (Wildman–Crippen MR) is 71.7 cm³/mol. The lowest BCUT2D eigenvalue weighted by atomic mass is 10.2. The Kier molecular flexibility index (Phi) is 3.45. The molecule has 94 valence electrons. The summed E-state index contributed by atoms with van der Waals surface area (Å²) in [6.45, 7) is 1.73. The minimum absolute atomic E-state index is 0.172. The molecule has 5 heteroatoms. The van der Waals surface area contributed by atoms with E-state index in [9.17, 15) is 8.42 Å². The number of sulfone groups is 1. The van der Waals surface area contributed by atoms with Crippen LogP contribution in [0.4, 0.5) is 0 Å². The highest BCUT2D eigenvalue weighted by Crippen LogP contribution is 2.23. The second-order valence-electron chi connectivity index (χ2n) is 3.87. The van der Waals surface area contributed by atoms with Crippen molar-refractivity contribution in [1.82, 2.24) is 4.98 Å². The molecule has 0 spiro atoms. The van der Waals surface area contributed by atoms with Gasteiger partial charge in [-0.2, -0.15) is 0 Å². The van der Waals surface area contributed by atoms with E-state index in [-0.39, 0.29) is 4.90 Å². The molecule has 2 N–H and O–H groups in total. The molecule has 1 aromatic carbocycles. The van der Waals surface area contributed by atoms with Crippen molar-refractivity contribution in [2.24, 2.45) is 5.73 Å². The van der Waals surface area contributed by atoms with Crippen LogP contribution in [0.3, 0.4) is 0 Å². The Morgan fingerprint density at radius 2 is 2.00 bits per heavy atom. The zero-order valence-electron chi connectivity index (χ0n) is 9.95. The molecular weight excluding hydrogens is 248 g/mol. The van der Waals surface area contributed by atoms with Crippen molar-refractivity contribution in [3.63, 3.8) is 0 Å². The third-order valence-electron chi connectivity index (χ3n) is 2.64. The van der Waals surface area contributed by atoms with Gasteiger partial charge >= 0.3 is 0 Å². The van der Waals surface area contributed by atoms with Gasteiger partial charge in [0.2, 0.25) is 0 Å². The Balaban J connectivity index is 2.68. The maximum absolute atomic E-state index is 12.3. The number of benzene rings is 1. The standard InChI is InChI=1S/C13H14N2O2S/c1-2-5-12(14)18(16,17)11-8-3-6-10-7-4-9-15-13(10)11/h2-9,12H,14H2,1H3. The normalized spacial score (nSPS) is 14.1. The van der Waals surface area contributed by atoms with E-state index >= 15 is 0 Å². The molecule has 0 saturated carbocycles. The fourth-order valence-corrected chi connectivity index (χ4v) is 3.11. The zero-order valence-corrected chi connectivity index (χ0v) is 10.8. The summed E-state index contributed by atoms with van der Waals surface area (Å²) in [6.07, 6.45) is 4.65. The molecule has 2 aromatic rings. The molecule has 1 heterocycles. The Morgan fingerprint density at radius 1 is 1.28 bits per heavy atom. The van der Waals surface area contributed by atoms with E-state index in [0.29, 0.717) is 5.52 Å². The molecule has 1 atom stereocenters.